The molecule has 2 nitrogen and oxygen atoms in total. The lowest BCUT2D eigenvalue weighted by molar-refractivity contribution is 0.208. The van der Waals surface area contributed by atoms with Crippen molar-refractivity contribution in [3.63, 3.8) is 0 Å². The Bertz CT molecular complexity index is 575. The van der Waals surface area contributed by atoms with E-state index in [9.17, 15) is 5.11 Å². The van der Waals surface area contributed by atoms with Crippen LogP contribution in [0.15, 0.2) is 48.5 Å². The molecule has 0 radical (unpaired) electrons. The normalized spacial score (nSPS) is 17.4. The summed E-state index contributed by atoms with van der Waals surface area (Å²) in [4.78, 5) is 0. The van der Waals surface area contributed by atoms with Crippen molar-refractivity contribution in [3.8, 4) is 0 Å². The molecule has 2 aromatic rings. The zero-order valence-corrected chi connectivity index (χ0v) is 9.30. The zero-order chi connectivity index (χ0) is 11.7. The minimum absolute atomic E-state index is 0.669. The summed E-state index contributed by atoms with van der Waals surface area (Å²) in [5.41, 5.74) is 3.98. The Morgan fingerprint density at radius 1 is 0.824 bits per heavy atom. The third kappa shape index (κ3) is 1.83. The van der Waals surface area contributed by atoms with Gasteiger partial charge in [0.1, 0.15) is 0 Å². The number of anilines is 1. The molecule has 2 heteroatoms. The number of hydrogen-bond donors (Lipinski definition) is 2. The summed E-state index contributed by atoms with van der Waals surface area (Å²) in [7, 11) is 0. The maximum Gasteiger partial charge on any atom is 0.151 e. The molecule has 0 saturated heterocycles. The average molecular weight is 223 g/mol. The maximum absolute atomic E-state index is 10.2. The quantitative estimate of drug-likeness (QED) is 0.718. The third-order valence-electron chi connectivity index (χ3n) is 2.99. The molecule has 0 fully saturated rings. The molecule has 3 rings (SSSR count). The van der Waals surface area contributed by atoms with E-state index in [-0.39, 0.29) is 0 Å². The third-order valence-corrected chi connectivity index (χ3v) is 2.99. The second-order valence-corrected chi connectivity index (χ2v) is 4.10. The van der Waals surface area contributed by atoms with Crippen LogP contribution in [0, 0.1) is 0 Å². The predicted molar refractivity (Wildman–Crippen MR) is 70.4 cm³/mol. The molecule has 2 aromatic carbocycles. The molecule has 0 amide bonds. The van der Waals surface area contributed by atoms with Gasteiger partial charge in [-0.1, -0.05) is 54.6 Å². The van der Waals surface area contributed by atoms with Crippen LogP contribution in [0.25, 0.3) is 12.2 Å². The lowest BCUT2D eigenvalue weighted by atomic mass is 10.0. The highest BCUT2D eigenvalue weighted by Crippen LogP contribution is 2.28. The fraction of sp³-hybridized carbons (Fsp3) is 0.0667. The summed E-state index contributed by atoms with van der Waals surface area (Å²) < 4.78 is 0. The maximum atomic E-state index is 10.2. The summed E-state index contributed by atoms with van der Waals surface area (Å²) in [6.07, 6.45) is 3.43. The molecule has 2 N–H and O–H groups in total. The summed E-state index contributed by atoms with van der Waals surface area (Å²) in [5.74, 6) is 0. The molecule has 0 aliphatic carbocycles. The second-order valence-electron chi connectivity index (χ2n) is 4.10. The van der Waals surface area contributed by atoms with Crippen molar-refractivity contribution in [2.75, 3.05) is 5.32 Å². The minimum Gasteiger partial charge on any atom is -0.369 e. The van der Waals surface area contributed by atoms with Gasteiger partial charge in [0.25, 0.3) is 0 Å². The summed E-state index contributed by atoms with van der Waals surface area (Å²) in [6.45, 7) is 0. The molecule has 1 aliphatic heterocycles. The minimum atomic E-state index is -0.669. The lowest BCUT2D eigenvalue weighted by Gasteiger charge is -2.20. The number of hydrogen-bond acceptors (Lipinski definition) is 2. The number of aliphatic hydroxyl groups is 1. The highest BCUT2D eigenvalue weighted by molar-refractivity contribution is 5.79. The number of fused-ring (bicyclic) bond motifs is 2. The lowest BCUT2D eigenvalue weighted by Crippen LogP contribution is -2.12. The van der Waals surface area contributed by atoms with E-state index < -0.39 is 6.23 Å². The molecular weight excluding hydrogens is 210 g/mol. The van der Waals surface area contributed by atoms with E-state index in [0.29, 0.717) is 0 Å². The van der Waals surface area contributed by atoms with E-state index in [1.807, 2.05) is 54.6 Å². The Kier molecular flexibility index (Phi) is 2.42. The van der Waals surface area contributed by atoms with Crippen LogP contribution in [0.5, 0.6) is 0 Å². The van der Waals surface area contributed by atoms with Gasteiger partial charge in [0.05, 0.1) is 0 Å². The van der Waals surface area contributed by atoms with Crippen LogP contribution in [-0.4, -0.2) is 5.11 Å². The van der Waals surface area contributed by atoms with E-state index in [0.717, 1.165) is 22.4 Å². The van der Waals surface area contributed by atoms with Crippen LogP contribution < -0.4 is 5.32 Å². The molecule has 1 aliphatic rings. The molecule has 0 unspecified atom stereocenters. The Morgan fingerprint density at radius 3 is 2.35 bits per heavy atom. The van der Waals surface area contributed by atoms with Crippen molar-refractivity contribution in [1.82, 2.24) is 0 Å². The Hall–Kier alpha value is -2.06. The van der Waals surface area contributed by atoms with Gasteiger partial charge in [0.2, 0.25) is 0 Å². The SMILES string of the molecule is O[C@H]1Nc2ccccc2C=Cc2ccccc21. The highest BCUT2D eigenvalue weighted by Gasteiger charge is 2.13. The topological polar surface area (TPSA) is 32.3 Å². The number of benzene rings is 2. The molecule has 1 atom stereocenters. The van der Waals surface area contributed by atoms with Gasteiger partial charge in [-0.15, -0.1) is 0 Å². The molecule has 0 spiro atoms. The molecule has 17 heavy (non-hydrogen) atoms. The first-order valence-corrected chi connectivity index (χ1v) is 5.65. The van der Waals surface area contributed by atoms with Gasteiger partial charge in [-0.2, -0.15) is 0 Å². The monoisotopic (exact) mass is 223 g/mol. The van der Waals surface area contributed by atoms with E-state index in [1.54, 1.807) is 0 Å². The van der Waals surface area contributed by atoms with E-state index in [2.05, 4.69) is 11.4 Å². The van der Waals surface area contributed by atoms with Gasteiger partial charge in [-0.05, 0) is 17.2 Å². The van der Waals surface area contributed by atoms with Gasteiger partial charge >= 0.3 is 0 Å². The van der Waals surface area contributed by atoms with Crippen molar-refractivity contribution in [1.29, 1.82) is 0 Å². The number of para-hydroxylation sites is 1. The molecule has 0 aromatic heterocycles. The fourth-order valence-electron chi connectivity index (χ4n) is 2.09. The standard InChI is InChI=1S/C15H13NO/c17-15-13-7-3-1-5-11(13)9-10-12-6-2-4-8-14(12)16-15/h1-10,15-17H/t15-/m1/s1. The molecule has 0 bridgehead atoms. The first kappa shape index (κ1) is 10.1. The van der Waals surface area contributed by atoms with Gasteiger partial charge in [0.15, 0.2) is 6.23 Å². The van der Waals surface area contributed by atoms with E-state index >= 15 is 0 Å². The van der Waals surface area contributed by atoms with E-state index in [4.69, 9.17) is 0 Å². The van der Waals surface area contributed by atoms with Gasteiger partial charge < -0.3 is 10.4 Å². The zero-order valence-electron chi connectivity index (χ0n) is 9.30. The predicted octanol–water partition coefficient (Wildman–Crippen LogP) is 3.27. The average Bonchev–Trinajstić information content (AvgIpc) is 2.36. The second kappa shape index (κ2) is 4.07. The van der Waals surface area contributed by atoms with Crippen LogP contribution in [0.2, 0.25) is 0 Å². The van der Waals surface area contributed by atoms with Gasteiger partial charge in [-0.25, -0.2) is 0 Å². The first-order chi connectivity index (χ1) is 8.34. The van der Waals surface area contributed by atoms with Crippen molar-refractivity contribution in [2.45, 2.75) is 6.23 Å². The largest absolute Gasteiger partial charge is 0.369 e. The van der Waals surface area contributed by atoms with Crippen LogP contribution in [-0.2, 0) is 0 Å². The number of nitrogens with one attached hydrogen (secondary N) is 1. The molecule has 84 valence electrons. The number of aliphatic hydroxyl groups excluding tert-OH is 1. The van der Waals surface area contributed by atoms with Crippen molar-refractivity contribution >= 4 is 17.8 Å². The van der Waals surface area contributed by atoms with Crippen LogP contribution in [0.3, 0.4) is 0 Å². The molecule has 1 heterocycles. The smallest absolute Gasteiger partial charge is 0.151 e. The summed E-state index contributed by atoms with van der Waals surface area (Å²) >= 11 is 0. The van der Waals surface area contributed by atoms with Crippen LogP contribution in [0.1, 0.15) is 22.9 Å². The Labute approximate surface area is 100 Å². The van der Waals surface area contributed by atoms with Gasteiger partial charge in [0, 0.05) is 11.3 Å². The van der Waals surface area contributed by atoms with Gasteiger partial charge in [-0.3, -0.25) is 0 Å². The Morgan fingerprint density at radius 2 is 1.47 bits per heavy atom. The van der Waals surface area contributed by atoms with Crippen molar-refractivity contribution in [3.05, 3.63) is 65.2 Å². The summed E-state index contributed by atoms with van der Waals surface area (Å²) in [5, 5.41) is 13.3. The van der Waals surface area contributed by atoms with Crippen molar-refractivity contribution < 1.29 is 5.11 Å². The van der Waals surface area contributed by atoms with E-state index in [1.165, 1.54) is 0 Å². The van der Waals surface area contributed by atoms with Crippen LogP contribution >= 0.6 is 0 Å². The van der Waals surface area contributed by atoms with Crippen LogP contribution in [0.4, 0.5) is 5.69 Å². The highest BCUT2D eigenvalue weighted by atomic mass is 16.3. The summed E-state index contributed by atoms with van der Waals surface area (Å²) in [6, 6.07) is 15.8. The molecule has 0 saturated carbocycles. The molecular formula is C15H13NO. The number of rotatable bonds is 0. The Balaban J connectivity index is 2.16. The fourth-order valence-corrected chi connectivity index (χ4v) is 2.09. The first-order valence-electron chi connectivity index (χ1n) is 5.65. The van der Waals surface area contributed by atoms with Crippen molar-refractivity contribution in [2.24, 2.45) is 0 Å².